The van der Waals surface area contributed by atoms with Crippen LogP contribution in [0.2, 0.25) is 0 Å². The first-order chi connectivity index (χ1) is 8.04. The van der Waals surface area contributed by atoms with E-state index in [0.29, 0.717) is 0 Å². The molecule has 6 nitrogen and oxygen atoms in total. The van der Waals surface area contributed by atoms with Crippen molar-refractivity contribution >= 4 is 11.9 Å². The van der Waals surface area contributed by atoms with Gasteiger partial charge in [-0.2, -0.15) is 0 Å². The Kier molecular flexibility index (Phi) is 4.47. The molecule has 1 atom stereocenters. The second-order valence-corrected chi connectivity index (χ2v) is 3.42. The molecule has 17 heavy (non-hydrogen) atoms. The van der Waals surface area contributed by atoms with Crippen LogP contribution in [0.3, 0.4) is 0 Å². The Hall–Kier alpha value is -2.08. The summed E-state index contributed by atoms with van der Waals surface area (Å²) < 4.78 is 0. The number of aliphatic hydroxyl groups excluding tert-OH is 1. The lowest BCUT2D eigenvalue weighted by atomic mass is 10.1. The number of carboxylic acid groups (broad SMARTS) is 1. The van der Waals surface area contributed by atoms with E-state index in [1.54, 1.807) is 0 Å². The molecular weight excluding hydrogens is 226 g/mol. The average Bonchev–Trinajstić information content (AvgIpc) is 2.29. The fourth-order valence-corrected chi connectivity index (χ4v) is 1.24. The van der Waals surface area contributed by atoms with Crippen molar-refractivity contribution in [3.8, 4) is 5.75 Å². The van der Waals surface area contributed by atoms with Gasteiger partial charge in [0.25, 0.3) is 5.91 Å². The number of hydrogen-bond acceptors (Lipinski definition) is 4. The molecule has 0 fully saturated rings. The van der Waals surface area contributed by atoms with E-state index in [2.05, 4.69) is 5.32 Å². The lowest BCUT2D eigenvalue weighted by molar-refractivity contribution is -0.139. The van der Waals surface area contributed by atoms with E-state index in [4.69, 9.17) is 15.3 Å². The summed E-state index contributed by atoms with van der Waals surface area (Å²) in [6.45, 7) is -0.327. The van der Waals surface area contributed by atoms with Gasteiger partial charge < -0.3 is 20.6 Å². The molecule has 0 aliphatic heterocycles. The van der Waals surface area contributed by atoms with Gasteiger partial charge in [-0.25, -0.2) is 4.79 Å². The lowest BCUT2D eigenvalue weighted by Crippen LogP contribution is -2.41. The van der Waals surface area contributed by atoms with E-state index in [0.717, 1.165) is 0 Å². The lowest BCUT2D eigenvalue weighted by Gasteiger charge is -2.13. The molecule has 6 heteroatoms. The molecule has 0 aromatic heterocycles. The van der Waals surface area contributed by atoms with Gasteiger partial charge in [0, 0.05) is 18.6 Å². The molecule has 92 valence electrons. The van der Waals surface area contributed by atoms with Gasteiger partial charge in [-0.05, 0) is 24.3 Å². The predicted octanol–water partition coefficient (Wildman–Crippen LogP) is -0.0424. The van der Waals surface area contributed by atoms with Crippen LogP contribution in [0.5, 0.6) is 5.75 Å². The highest BCUT2D eigenvalue weighted by molar-refractivity contribution is 5.96. The minimum atomic E-state index is -1.20. The Bertz CT molecular complexity index is 401. The zero-order chi connectivity index (χ0) is 12.8. The summed E-state index contributed by atoms with van der Waals surface area (Å²) in [5.41, 5.74) is 0.243. The van der Waals surface area contributed by atoms with Crippen LogP contribution in [0.4, 0.5) is 0 Å². The highest BCUT2D eigenvalue weighted by Gasteiger charge is 2.19. The van der Waals surface area contributed by atoms with Gasteiger partial charge in [0.15, 0.2) is 0 Å². The van der Waals surface area contributed by atoms with Gasteiger partial charge >= 0.3 is 5.97 Å². The maximum absolute atomic E-state index is 11.6. The first-order valence-electron chi connectivity index (χ1n) is 4.98. The molecule has 0 aliphatic carbocycles. The molecule has 0 unspecified atom stereocenters. The molecule has 0 radical (unpaired) electrons. The fraction of sp³-hybridized carbons (Fsp3) is 0.273. The van der Waals surface area contributed by atoms with E-state index < -0.39 is 17.9 Å². The molecule has 0 spiro atoms. The first-order valence-corrected chi connectivity index (χ1v) is 4.98. The largest absolute Gasteiger partial charge is 0.508 e. The number of benzene rings is 1. The SMILES string of the molecule is O=C(N[C@@H](CCO)C(=O)O)c1ccc(O)cc1. The van der Waals surface area contributed by atoms with Gasteiger partial charge in [-0.1, -0.05) is 0 Å². The van der Waals surface area contributed by atoms with Gasteiger partial charge in [0.05, 0.1) is 0 Å². The zero-order valence-electron chi connectivity index (χ0n) is 8.96. The van der Waals surface area contributed by atoms with Gasteiger partial charge in [-0.3, -0.25) is 4.79 Å². The second-order valence-electron chi connectivity index (χ2n) is 3.42. The fourth-order valence-electron chi connectivity index (χ4n) is 1.24. The number of hydrogen-bond donors (Lipinski definition) is 4. The minimum absolute atomic E-state index is 0.0201. The minimum Gasteiger partial charge on any atom is -0.508 e. The van der Waals surface area contributed by atoms with Crippen LogP contribution in [0.1, 0.15) is 16.8 Å². The summed E-state index contributed by atoms with van der Waals surface area (Å²) in [7, 11) is 0. The normalized spacial score (nSPS) is 11.8. The monoisotopic (exact) mass is 239 g/mol. The molecule has 0 bridgehead atoms. The summed E-state index contributed by atoms with van der Waals surface area (Å²) >= 11 is 0. The molecule has 1 aromatic carbocycles. The van der Waals surface area contributed by atoms with Crippen molar-refractivity contribution in [2.24, 2.45) is 0 Å². The quantitative estimate of drug-likeness (QED) is 0.576. The summed E-state index contributed by atoms with van der Waals surface area (Å²) in [5.74, 6) is -1.75. The van der Waals surface area contributed by atoms with E-state index >= 15 is 0 Å². The number of nitrogens with one attached hydrogen (secondary N) is 1. The highest BCUT2D eigenvalue weighted by Crippen LogP contribution is 2.09. The highest BCUT2D eigenvalue weighted by atomic mass is 16.4. The maximum Gasteiger partial charge on any atom is 0.326 e. The Morgan fingerprint density at radius 1 is 1.24 bits per heavy atom. The maximum atomic E-state index is 11.6. The molecule has 0 heterocycles. The molecule has 1 amide bonds. The van der Waals surface area contributed by atoms with Crippen molar-refractivity contribution in [1.29, 1.82) is 0 Å². The molecular formula is C11H13NO5. The van der Waals surface area contributed by atoms with Crippen LogP contribution < -0.4 is 5.32 Å². The predicted molar refractivity (Wildman–Crippen MR) is 58.7 cm³/mol. The Morgan fingerprint density at radius 2 is 1.82 bits per heavy atom. The van der Waals surface area contributed by atoms with Crippen molar-refractivity contribution in [2.75, 3.05) is 6.61 Å². The third-order valence-corrected chi connectivity index (χ3v) is 2.15. The number of phenolic OH excluding ortho intramolecular Hbond substituents is 1. The third kappa shape index (κ3) is 3.76. The smallest absolute Gasteiger partial charge is 0.326 e. The van der Waals surface area contributed by atoms with E-state index in [1.165, 1.54) is 24.3 Å². The third-order valence-electron chi connectivity index (χ3n) is 2.15. The van der Waals surface area contributed by atoms with E-state index in [-0.39, 0.29) is 24.3 Å². The number of aromatic hydroxyl groups is 1. The Morgan fingerprint density at radius 3 is 2.29 bits per heavy atom. The first kappa shape index (κ1) is 13.0. The van der Waals surface area contributed by atoms with Gasteiger partial charge in [0.2, 0.25) is 0 Å². The summed E-state index contributed by atoms with van der Waals surface area (Å²) in [4.78, 5) is 22.4. The van der Waals surface area contributed by atoms with Crippen LogP contribution in [-0.2, 0) is 4.79 Å². The summed E-state index contributed by atoms with van der Waals surface area (Å²) in [5, 5.41) is 28.7. The Labute approximate surface area is 97.5 Å². The number of rotatable bonds is 5. The van der Waals surface area contributed by atoms with Gasteiger partial charge in [0.1, 0.15) is 11.8 Å². The van der Waals surface area contributed by atoms with Crippen molar-refractivity contribution < 1.29 is 24.9 Å². The van der Waals surface area contributed by atoms with Crippen molar-refractivity contribution in [3.63, 3.8) is 0 Å². The van der Waals surface area contributed by atoms with Crippen LogP contribution in [0.25, 0.3) is 0 Å². The number of aliphatic hydroxyl groups is 1. The summed E-state index contributed by atoms with van der Waals surface area (Å²) in [6.07, 6.45) is -0.0564. The van der Waals surface area contributed by atoms with Crippen LogP contribution in [0.15, 0.2) is 24.3 Å². The van der Waals surface area contributed by atoms with Crippen LogP contribution in [0, 0.1) is 0 Å². The van der Waals surface area contributed by atoms with Crippen LogP contribution in [-0.4, -0.2) is 39.8 Å². The van der Waals surface area contributed by atoms with Crippen molar-refractivity contribution in [2.45, 2.75) is 12.5 Å². The van der Waals surface area contributed by atoms with Crippen molar-refractivity contribution in [1.82, 2.24) is 5.32 Å². The number of carboxylic acids is 1. The average molecular weight is 239 g/mol. The number of carbonyl (C=O) groups excluding carboxylic acids is 1. The number of carbonyl (C=O) groups is 2. The van der Waals surface area contributed by atoms with Crippen molar-refractivity contribution in [3.05, 3.63) is 29.8 Å². The Balaban J connectivity index is 2.70. The molecule has 0 aliphatic rings. The molecule has 1 aromatic rings. The molecule has 1 rings (SSSR count). The number of phenols is 1. The topological polar surface area (TPSA) is 107 Å². The van der Waals surface area contributed by atoms with E-state index in [9.17, 15) is 9.59 Å². The van der Waals surface area contributed by atoms with Gasteiger partial charge in [-0.15, -0.1) is 0 Å². The number of amides is 1. The molecule has 4 N–H and O–H groups in total. The standard InChI is InChI=1S/C11H13NO5/c13-6-5-9(11(16)17)12-10(15)7-1-3-8(14)4-2-7/h1-4,9,13-14H,5-6H2,(H,12,15)(H,16,17)/t9-/m0/s1. The summed E-state index contributed by atoms with van der Waals surface area (Å²) in [6, 6.07) is 4.29. The number of aliphatic carboxylic acids is 1. The van der Waals surface area contributed by atoms with Crippen LogP contribution >= 0.6 is 0 Å². The molecule has 0 saturated heterocycles. The van der Waals surface area contributed by atoms with E-state index in [1.807, 2.05) is 0 Å². The molecule has 0 saturated carbocycles. The second kappa shape index (κ2) is 5.86. The zero-order valence-corrected chi connectivity index (χ0v) is 8.96.